The van der Waals surface area contributed by atoms with E-state index < -0.39 is 0 Å². The molecule has 61 heavy (non-hydrogen) atoms. The lowest BCUT2D eigenvalue weighted by Gasteiger charge is -2.24. The fourth-order valence-corrected chi connectivity index (χ4v) is 11.2. The lowest BCUT2D eigenvalue weighted by molar-refractivity contribution is 0.590. The zero-order valence-electron chi connectivity index (χ0n) is 34.3. The number of thiophene rings is 1. The summed E-state index contributed by atoms with van der Waals surface area (Å²) in [5.74, 6) is 0.969. The Balaban J connectivity index is 1.10. The largest absolute Gasteiger partial charge is 0.456 e. The molecule has 12 aromatic rings. The number of hydrogen-bond acceptors (Lipinski definition) is 4. The van der Waals surface area contributed by atoms with Crippen LogP contribution in [0.1, 0.15) is 26.3 Å². The Morgan fingerprint density at radius 3 is 2.25 bits per heavy atom. The van der Waals surface area contributed by atoms with Crippen LogP contribution in [-0.4, -0.2) is 21.4 Å². The molecule has 0 saturated heterocycles. The number of para-hydroxylation sites is 1. The molecule has 0 amide bonds. The highest BCUT2D eigenvalue weighted by molar-refractivity contribution is 7.25. The van der Waals surface area contributed by atoms with Crippen molar-refractivity contribution in [2.24, 2.45) is 7.05 Å². The monoisotopic (exact) mass is 802 g/mol. The highest BCUT2D eigenvalue weighted by Gasteiger charge is 2.29. The van der Waals surface area contributed by atoms with Crippen LogP contribution in [0.3, 0.4) is 0 Å². The molecule has 5 nitrogen and oxygen atoms in total. The van der Waals surface area contributed by atoms with Crippen LogP contribution in [-0.2, 0) is 12.5 Å². The van der Waals surface area contributed by atoms with Crippen LogP contribution < -0.4 is 16.2 Å². The Labute approximate surface area is 356 Å². The van der Waals surface area contributed by atoms with Crippen molar-refractivity contribution in [1.82, 2.24) is 14.1 Å². The minimum Gasteiger partial charge on any atom is -0.456 e. The Kier molecular flexibility index (Phi) is 7.11. The fraction of sp³-hybridized carbons (Fsp3) is 0.0926. The summed E-state index contributed by atoms with van der Waals surface area (Å²) in [5, 5.41) is 11.3. The summed E-state index contributed by atoms with van der Waals surface area (Å²) in [6, 6.07) is 55.5. The molecule has 0 aliphatic carbocycles. The first-order valence-electron chi connectivity index (χ1n) is 21.0. The SMILES string of the molecule is Cn1c(-c2ccccc2)nc2cc3c(cc21)-n1c2cc4c(cc2c2ccc(-c5cc6c(cc5Nc5ccc(C(C)(C)C)cc5)oc5ccccc56)c(c21)B3)sc1ccccc14. The number of anilines is 2. The van der Waals surface area contributed by atoms with Gasteiger partial charge in [-0.3, -0.25) is 0 Å². The van der Waals surface area contributed by atoms with E-state index in [0.29, 0.717) is 0 Å². The summed E-state index contributed by atoms with van der Waals surface area (Å²) in [7, 11) is 2.91. The van der Waals surface area contributed by atoms with Crippen LogP contribution in [0.4, 0.5) is 11.4 Å². The van der Waals surface area contributed by atoms with E-state index in [4.69, 9.17) is 9.40 Å². The molecule has 1 N–H and O–H groups in total. The van der Waals surface area contributed by atoms with Gasteiger partial charge in [-0.15, -0.1) is 11.3 Å². The van der Waals surface area contributed by atoms with Gasteiger partial charge in [0.15, 0.2) is 7.28 Å². The number of imidazole rings is 1. The molecule has 0 fully saturated rings. The van der Waals surface area contributed by atoms with Gasteiger partial charge >= 0.3 is 0 Å². The molecule has 0 bridgehead atoms. The second kappa shape index (κ2) is 12.5. The number of furan rings is 1. The molecule has 0 saturated carbocycles. The van der Waals surface area contributed by atoms with Crippen molar-refractivity contribution in [2.45, 2.75) is 26.2 Å². The maximum absolute atomic E-state index is 6.52. The van der Waals surface area contributed by atoms with Crippen LogP contribution in [0.2, 0.25) is 0 Å². The third-order valence-electron chi connectivity index (χ3n) is 13.1. The van der Waals surface area contributed by atoms with Crippen molar-refractivity contribution in [3.8, 4) is 28.2 Å². The van der Waals surface area contributed by atoms with Gasteiger partial charge in [0, 0.05) is 82.8 Å². The number of rotatable bonds is 4. The Morgan fingerprint density at radius 1 is 0.623 bits per heavy atom. The lowest BCUT2D eigenvalue weighted by atomic mass is 9.59. The van der Waals surface area contributed by atoms with Crippen LogP contribution in [0.25, 0.3) is 103 Å². The smallest absolute Gasteiger partial charge is 0.198 e. The topological polar surface area (TPSA) is 47.9 Å². The molecular formula is C54H39BN4OS. The second-order valence-electron chi connectivity index (χ2n) is 17.7. The zero-order valence-corrected chi connectivity index (χ0v) is 35.1. The van der Waals surface area contributed by atoms with Gasteiger partial charge in [-0.25, -0.2) is 4.98 Å². The maximum atomic E-state index is 6.52. The highest BCUT2D eigenvalue weighted by Crippen LogP contribution is 2.44. The van der Waals surface area contributed by atoms with Gasteiger partial charge in [0.1, 0.15) is 17.0 Å². The van der Waals surface area contributed by atoms with Gasteiger partial charge < -0.3 is 18.9 Å². The third-order valence-corrected chi connectivity index (χ3v) is 14.2. The van der Waals surface area contributed by atoms with Crippen molar-refractivity contribution in [3.05, 3.63) is 157 Å². The van der Waals surface area contributed by atoms with Crippen LogP contribution in [0, 0.1) is 0 Å². The molecule has 0 spiro atoms. The molecule has 4 aromatic heterocycles. The fourth-order valence-electron chi connectivity index (χ4n) is 10.0. The summed E-state index contributed by atoms with van der Waals surface area (Å²) in [5.41, 5.74) is 17.1. The number of aromatic nitrogens is 3. The zero-order chi connectivity index (χ0) is 40.7. The van der Waals surface area contributed by atoms with Gasteiger partial charge in [-0.05, 0) is 76.6 Å². The number of aryl methyl sites for hydroxylation is 1. The van der Waals surface area contributed by atoms with E-state index in [1.165, 1.54) is 69.7 Å². The van der Waals surface area contributed by atoms with E-state index in [1.54, 1.807) is 0 Å². The number of nitrogens with zero attached hydrogens (tertiary/aromatic N) is 3. The van der Waals surface area contributed by atoms with E-state index in [0.717, 1.165) is 68.6 Å². The van der Waals surface area contributed by atoms with Crippen molar-refractivity contribution in [1.29, 1.82) is 0 Å². The third kappa shape index (κ3) is 5.11. The number of nitrogens with one attached hydrogen (secondary N) is 1. The molecule has 1 aliphatic rings. The van der Waals surface area contributed by atoms with Crippen molar-refractivity contribution < 1.29 is 4.42 Å². The van der Waals surface area contributed by atoms with Crippen LogP contribution >= 0.6 is 11.3 Å². The molecule has 5 heterocycles. The first-order valence-corrected chi connectivity index (χ1v) is 21.9. The Bertz CT molecular complexity index is 3810. The van der Waals surface area contributed by atoms with E-state index in [9.17, 15) is 0 Å². The predicted molar refractivity (Wildman–Crippen MR) is 261 cm³/mol. The van der Waals surface area contributed by atoms with Gasteiger partial charge in [-0.2, -0.15) is 0 Å². The minimum absolute atomic E-state index is 0.0654. The van der Waals surface area contributed by atoms with Crippen LogP contribution in [0.15, 0.2) is 156 Å². The first-order chi connectivity index (χ1) is 29.7. The molecule has 7 heteroatoms. The summed E-state index contributed by atoms with van der Waals surface area (Å²) in [6.45, 7) is 6.78. The number of benzene rings is 8. The molecule has 13 rings (SSSR count). The molecule has 0 radical (unpaired) electrons. The van der Waals surface area contributed by atoms with E-state index in [-0.39, 0.29) is 5.41 Å². The van der Waals surface area contributed by atoms with E-state index in [2.05, 4.69) is 188 Å². The summed E-state index contributed by atoms with van der Waals surface area (Å²) in [6.07, 6.45) is 0. The molecule has 8 aromatic carbocycles. The van der Waals surface area contributed by atoms with Gasteiger partial charge in [0.2, 0.25) is 0 Å². The van der Waals surface area contributed by atoms with Crippen molar-refractivity contribution >= 4 is 116 Å². The lowest BCUT2D eigenvalue weighted by Crippen LogP contribution is -2.37. The van der Waals surface area contributed by atoms with Crippen molar-refractivity contribution in [2.75, 3.05) is 5.32 Å². The predicted octanol–water partition coefficient (Wildman–Crippen LogP) is 13.0. The summed E-state index contributed by atoms with van der Waals surface area (Å²) < 4.78 is 14.0. The molecule has 290 valence electrons. The number of fused-ring (bicyclic) bond motifs is 12. The van der Waals surface area contributed by atoms with E-state index >= 15 is 0 Å². The summed E-state index contributed by atoms with van der Waals surface area (Å²) >= 11 is 1.88. The van der Waals surface area contributed by atoms with Crippen molar-refractivity contribution in [3.63, 3.8) is 0 Å². The normalized spacial score (nSPS) is 12.7. The summed E-state index contributed by atoms with van der Waals surface area (Å²) in [4.78, 5) is 5.27. The second-order valence-corrected chi connectivity index (χ2v) is 18.8. The van der Waals surface area contributed by atoms with Gasteiger partial charge in [0.25, 0.3) is 0 Å². The Hall–Kier alpha value is -7.09. The van der Waals surface area contributed by atoms with Gasteiger partial charge in [-0.1, -0.05) is 117 Å². The first kappa shape index (κ1) is 34.7. The van der Waals surface area contributed by atoms with Gasteiger partial charge in [0.05, 0.1) is 22.2 Å². The Morgan fingerprint density at radius 2 is 1.41 bits per heavy atom. The highest BCUT2D eigenvalue weighted by atomic mass is 32.1. The molecule has 1 aliphatic heterocycles. The molecule has 0 atom stereocenters. The standard InChI is InChI=1S/C54H39BN4OS/c1-54(2,3)31-18-20-32(21-19-31)56-42-28-48-39(33-14-8-10-16-47(33)60-48)24-37(42)35-22-23-36-38-26-50-40(34-15-9-11-17-49(34)61-50)25-44(38)59-45-29-46-43(27-41(45)55-51(35)52(36)59)57-53(58(46)4)30-12-6-5-7-13-30/h5-29,55-56H,1-4H3. The average Bonchev–Trinajstić information content (AvgIpc) is 4.01. The molecule has 0 unspecified atom stereocenters. The maximum Gasteiger partial charge on any atom is 0.198 e. The minimum atomic E-state index is 0.0654. The molecular weight excluding hydrogens is 763 g/mol. The van der Waals surface area contributed by atoms with E-state index in [1.807, 2.05) is 17.4 Å². The quantitative estimate of drug-likeness (QED) is 0.180. The number of hydrogen-bond donors (Lipinski definition) is 1. The average molecular weight is 803 g/mol. The van der Waals surface area contributed by atoms with Crippen LogP contribution in [0.5, 0.6) is 0 Å².